The molecule has 7 heteroatoms. The summed E-state index contributed by atoms with van der Waals surface area (Å²) in [6.07, 6.45) is 5.25. The number of esters is 1. The second-order valence-electron chi connectivity index (χ2n) is 5.64. The van der Waals surface area contributed by atoms with Crippen molar-refractivity contribution in [2.45, 2.75) is 56.8 Å². The molecule has 2 aliphatic heterocycles. The van der Waals surface area contributed by atoms with Crippen LogP contribution in [0.4, 0.5) is 0 Å². The van der Waals surface area contributed by atoms with Crippen molar-refractivity contribution in [3.05, 3.63) is 17.2 Å². The van der Waals surface area contributed by atoms with Crippen LogP contribution < -0.4 is 0 Å². The van der Waals surface area contributed by atoms with Gasteiger partial charge in [-0.05, 0) is 19.8 Å². The van der Waals surface area contributed by atoms with Crippen molar-refractivity contribution >= 4 is 17.7 Å². The predicted octanol–water partition coefficient (Wildman–Crippen LogP) is 2.33. The summed E-state index contributed by atoms with van der Waals surface area (Å²) in [5, 5.41) is 9.57. The lowest BCUT2D eigenvalue weighted by molar-refractivity contribution is -0.136. The van der Waals surface area contributed by atoms with E-state index in [9.17, 15) is 4.79 Å². The number of hydrogen-bond acceptors (Lipinski definition) is 6. The molecule has 1 atom stereocenters. The minimum absolute atomic E-state index is 0.00201. The van der Waals surface area contributed by atoms with Crippen molar-refractivity contribution in [3.63, 3.8) is 0 Å². The van der Waals surface area contributed by atoms with Crippen molar-refractivity contribution in [1.82, 2.24) is 14.8 Å². The summed E-state index contributed by atoms with van der Waals surface area (Å²) in [5.41, 5.74) is 0.646. The summed E-state index contributed by atoms with van der Waals surface area (Å²) < 4.78 is 12.8. The van der Waals surface area contributed by atoms with Gasteiger partial charge < -0.3 is 14.0 Å². The first kappa shape index (κ1) is 15.4. The Morgan fingerprint density at radius 2 is 2.27 bits per heavy atom. The molecular formula is C15H21N3O3S. The molecule has 0 bridgehead atoms. The van der Waals surface area contributed by atoms with Crippen molar-refractivity contribution < 1.29 is 14.3 Å². The number of thioether (sulfide) groups is 1. The summed E-state index contributed by atoms with van der Waals surface area (Å²) in [6.45, 7) is 2.82. The molecule has 0 saturated carbocycles. The van der Waals surface area contributed by atoms with Crippen molar-refractivity contribution in [1.29, 1.82) is 0 Å². The van der Waals surface area contributed by atoms with Gasteiger partial charge >= 0.3 is 5.97 Å². The molecule has 0 N–H and O–H groups in total. The van der Waals surface area contributed by atoms with Gasteiger partial charge in [0, 0.05) is 25.1 Å². The Kier molecular flexibility index (Phi) is 4.71. The minimum Gasteiger partial charge on any atom is -0.493 e. The first-order valence-electron chi connectivity index (χ1n) is 7.68. The van der Waals surface area contributed by atoms with Gasteiger partial charge in [-0.15, -0.1) is 10.2 Å². The molecule has 2 aliphatic rings. The molecule has 0 unspecified atom stereocenters. The number of ether oxygens (including phenoxy) is 2. The maximum atomic E-state index is 11.6. The first-order chi connectivity index (χ1) is 10.7. The molecule has 0 aliphatic carbocycles. The summed E-state index contributed by atoms with van der Waals surface area (Å²) in [7, 11) is 1.40. The van der Waals surface area contributed by atoms with Gasteiger partial charge in [0.25, 0.3) is 0 Å². The van der Waals surface area contributed by atoms with Crippen LogP contribution in [0.2, 0.25) is 0 Å². The number of aryl methyl sites for hydroxylation is 1. The zero-order valence-electron chi connectivity index (χ0n) is 13.0. The number of carbonyl (C=O) groups is 1. The quantitative estimate of drug-likeness (QED) is 0.626. The van der Waals surface area contributed by atoms with E-state index in [2.05, 4.69) is 14.8 Å². The second kappa shape index (κ2) is 6.73. The molecule has 0 radical (unpaired) electrons. The molecular weight excluding hydrogens is 302 g/mol. The zero-order valence-corrected chi connectivity index (χ0v) is 13.8. The average Bonchev–Trinajstić information content (AvgIpc) is 2.99. The number of fused-ring (bicyclic) bond motifs is 1. The monoisotopic (exact) mass is 323 g/mol. The molecule has 6 nitrogen and oxygen atoms in total. The maximum Gasteiger partial charge on any atom is 0.337 e. The standard InChI is InChI=1S/C15H21N3O3S/c1-10-12(14(19)20-2)8-11(21-10)9-22-15-17-16-13-6-4-3-5-7-18(13)15/h11H,3-9H2,1-2H3/t11-/m1/s1. The highest BCUT2D eigenvalue weighted by Crippen LogP contribution is 2.30. The predicted molar refractivity (Wildman–Crippen MR) is 82.5 cm³/mol. The van der Waals surface area contributed by atoms with Crippen molar-refractivity contribution in [2.24, 2.45) is 0 Å². The Morgan fingerprint density at radius 3 is 3.09 bits per heavy atom. The molecule has 22 heavy (non-hydrogen) atoms. The van der Waals surface area contributed by atoms with Crippen LogP contribution >= 0.6 is 11.8 Å². The molecule has 0 saturated heterocycles. The van der Waals surface area contributed by atoms with Crippen molar-refractivity contribution in [3.8, 4) is 0 Å². The van der Waals surface area contributed by atoms with E-state index in [0.29, 0.717) is 17.8 Å². The highest BCUT2D eigenvalue weighted by atomic mass is 32.2. The summed E-state index contributed by atoms with van der Waals surface area (Å²) >= 11 is 1.66. The Labute approximate surface area is 134 Å². The van der Waals surface area contributed by atoms with Crippen molar-refractivity contribution in [2.75, 3.05) is 12.9 Å². The van der Waals surface area contributed by atoms with Crippen LogP contribution in [-0.2, 0) is 27.2 Å². The van der Waals surface area contributed by atoms with Crippen LogP contribution in [0.15, 0.2) is 16.5 Å². The lowest BCUT2D eigenvalue weighted by Crippen LogP contribution is -2.12. The molecule has 1 aromatic rings. The molecule has 0 aromatic carbocycles. The van der Waals surface area contributed by atoms with Gasteiger partial charge in [-0.25, -0.2) is 4.79 Å². The minimum atomic E-state index is -0.290. The molecule has 3 rings (SSSR count). The average molecular weight is 323 g/mol. The second-order valence-corrected chi connectivity index (χ2v) is 6.63. The van der Waals surface area contributed by atoms with Gasteiger partial charge in [0.15, 0.2) is 5.16 Å². The fraction of sp³-hybridized carbons (Fsp3) is 0.667. The van der Waals surface area contributed by atoms with Gasteiger partial charge in [-0.1, -0.05) is 18.2 Å². The SMILES string of the molecule is COC(=O)C1=C(C)O[C@@H](CSc2nnc3n2CCCCC3)C1. The van der Waals surface area contributed by atoms with E-state index >= 15 is 0 Å². The smallest absolute Gasteiger partial charge is 0.337 e. The number of methoxy groups -OCH3 is 1. The lowest BCUT2D eigenvalue weighted by Gasteiger charge is -2.11. The topological polar surface area (TPSA) is 66.2 Å². The van der Waals surface area contributed by atoms with E-state index < -0.39 is 0 Å². The third kappa shape index (κ3) is 3.14. The third-order valence-electron chi connectivity index (χ3n) is 4.11. The Bertz CT molecular complexity index is 597. The number of allylic oxidation sites excluding steroid dienone is 1. The van der Waals surface area contributed by atoms with Crippen LogP contribution in [0, 0.1) is 0 Å². The molecule has 1 aromatic heterocycles. The van der Waals surface area contributed by atoms with Gasteiger partial charge in [0.2, 0.25) is 0 Å². The Hall–Kier alpha value is -1.50. The normalized spacial score (nSPS) is 21.3. The van der Waals surface area contributed by atoms with E-state index in [0.717, 1.165) is 29.7 Å². The first-order valence-corrected chi connectivity index (χ1v) is 8.67. The van der Waals surface area contributed by atoms with Crippen LogP contribution in [-0.4, -0.2) is 39.7 Å². The van der Waals surface area contributed by atoms with E-state index in [-0.39, 0.29) is 12.1 Å². The largest absolute Gasteiger partial charge is 0.493 e. The van der Waals surface area contributed by atoms with Gasteiger partial charge in [0.05, 0.1) is 12.7 Å². The number of carbonyl (C=O) groups excluding carboxylic acids is 1. The maximum absolute atomic E-state index is 11.6. The number of nitrogens with zero attached hydrogens (tertiary/aromatic N) is 3. The van der Waals surface area contributed by atoms with E-state index in [1.807, 2.05) is 6.92 Å². The number of aromatic nitrogens is 3. The highest BCUT2D eigenvalue weighted by Gasteiger charge is 2.29. The lowest BCUT2D eigenvalue weighted by atomic mass is 10.1. The third-order valence-corrected chi connectivity index (χ3v) is 5.20. The van der Waals surface area contributed by atoms with Crippen LogP contribution in [0.5, 0.6) is 0 Å². The van der Waals surface area contributed by atoms with Gasteiger partial charge in [0.1, 0.15) is 17.7 Å². The summed E-state index contributed by atoms with van der Waals surface area (Å²) in [5.74, 6) is 2.24. The van der Waals surface area contributed by atoms with E-state index in [4.69, 9.17) is 9.47 Å². The fourth-order valence-corrected chi connectivity index (χ4v) is 3.88. The van der Waals surface area contributed by atoms with Crippen LogP contribution in [0.25, 0.3) is 0 Å². The Morgan fingerprint density at radius 1 is 1.41 bits per heavy atom. The fourth-order valence-electron chi connectivity index (χ4n) is 2.91. The molecule has 0 amide bonds. The van der Waals surface area contributed by atoms with E-state index in [1.165, 1.54) is 26.4 Å². The summed E-state index contributed by atoms with van der Waals surface area (Å²) in [4.78, 5) is 11.6. The van der Waals surface area contributed by atoms with Gasteiger partial charge in [-0.3, -0.25) is 0 Å². The molecule has 3 heterocycles. The summed E-state index contributed by atoms with van der Waals surface area (Å²) in [6, 6.07) is 0. The van der Waals surface area contributed by atoms with Crippen LogP contribution in [0.1, 0.15) is 38.4 Å². The number of hydrogen-bond donors (Lipinski definition) is 0. The van der Waals surface area contributed by atoms with E-state index in [1.54, 1.807) is 11.8 Å². The molecule has 120 valence electrons. The number of rotatable bonds is 4. The molecule has 0 spiro atoms. The van der Waals surface area contributed by atoms with Gasteiger partial charge in [-0.2, -0.15) is 0 Å². The van der Waals surface area contributed by atoms with Crippen LogP contribution in [0.3, 0.4) is 0 Å². The molecule has 0 fully saturated rings. The highest BCUT2D eigenvalue weighted by molar-refractivity contribution is 7.99. The zero-order chi connectivity index (χ0) is 15.5. The Balaban J connectivity index is 1.59.